The molecule has 0 fully saturated rings. The second-order valence-corrected chi connectivity index (χ2v) is 4.29. The smallest absolute Gasteiger partial charge is 0.325 e. The summed E-state index contributed by atoms with van der Waals surface area (Å²) in [7, 11) is 0. The van der Waals surface area contributed by atoms with Gasteiger partial charge in [0.15, 0.2) is 10.4 Å². The minimum atomic E-state index is -4.14. The highest BCUT2D eigenvalue weighted by Crippen LogP contribution is 2.26. The first-order valence-corrected chi connectivity index (χ1v) is 5.44. The van der Waals surface area contributed by atoms with Gasteiger partial charge in [0.2, 0.25) is 0 Å². The number of nitrogens with zero attached hydrogens (tertiary/aromatic N) is 2. The third-order valence-electron chi connectivity index (χ3n) is 2.44. The number of aryl methyl sites for hydroxylation is 1. The minimum Gasteiger partial charge on any atom is -0.329 e. The van der Waals surface area contributed by atoms with Crippen molar-refractivity contribution < 1.29 is 17.6 Å². The van der Waals surface area contributed by atoms with Crippen LogP contribution in [0, 0.1) is 11.7 Å². The van der Waals surface area contributed by atoms with E-state index in [-0.39, 0.29) is 10.4 Å². The summed E-state index contributed by atoms with van der Waals surface area (Å²) in [6.45, 7) is 0.477. The van der Waals surface area contributed by atoms with Gasteiger partial charge in [-0.05, 0) is 31.3 Å². The number of H-pyrrole nitrogens is 1. The second-order valence-electron chi connectivity index (χ2n) is 3.90. The Morgan fingerprint density at radius 2 is 2.11 bits per heavy atom. The largest absolute Gasteiger partial charge is 0.329 e. The molecule has 0 aliphatic rings. The van der Waals surface area contributed by atoms with E-state index in [0.717, 1.165) is 4.57 Å². The molecule has 0 amide bonds. The van der Waals surface area contributed by atoms with Gasteiger partial charge >= 0.3 is 12.3 Å². The fraction of sp³-hybridized carbons (Fsp3) is 0.400. The van der Waals surface area contributed by atoms with Gasteiger partial charge in [0.1, 0.15) is 0 Å². The third kappa shape index (κ3) is 2.24. The Balaban J connectivity index is 2.54. The lowest BCUT2D eigenvalue weighted by Gasteiger charge is -2.15. The van der Waals surface area contributed by atoms with E-state index in [1.165, 1.54) is 0 Å². The fourth-order valence-corrected chi connectivity index (χ4v) is 1.81. The monoisotopic (exact) mass is 279 g/mol. The number of rotatable bonds is 3. The van der Waals surface area contributed by atoms with E-state index >= 15 is 0 Å². The van der Waals surface area contributed by atoms with Gasteiger partial charge in [-0.3, -0.25) is 4.57 Å². The highest BCUT2D eigenvalue weighted by molar-refractivity contribution is 7.71. The number of aromatic amines is 1. The summed E-state index contributed by atoms with van der Waals surface area (Å²) < 4.78 is 51.3. The molecule has 0 unspecified atom stereocenters. The van der Waals surface area contributed by atoms with Crippen LogP contribution in [0.4, 0.5) is 17.6 Å². The molecule has 0 radical (unpaired) electrons. The van der Waals surface area contributed by atoms with Gasteiger partial charge in [0.25, 0.3) is 0 Å². The average Bonchev–Trinajstić information content (AvgIpc) is 2.55. The Kier molecular flexibility index (Phi) is 3.14. The summed E-state index contributed by atoms with van der Waals surface area (Å²) in [5.74, 6) is -4.14. The lowest BCUT2D eigenvalue weighted by atomic mass is 10.3. The van der Waals surface area contributed by atoms with E-state index in [1.807, 2.05) is 0 Å². The van der Waals surface area contributed by atoms with Crippen molar-refractivity contribution in [3.8, 4) is 0 Å². The van der Waals surface area contributed by atoms with E-state index < -0.39 is 18.9 Å². The summed E-state index contributed by atoms with van der Waals surface area (Å²) in [4.78, 5) is 6.68. The molecule has 98 valence electrons. The first-order chi connectivity index (χ1) is 8.31. The Morgan fingerprint density at radius 1 is 1.44 bits per heavy atom. The van der Waals surface area contributed by atoms with Gasteiger partial charge < -0.3 is 4.98 Å². The topological polar surface area (TPSA) is 33.6 Å². The van der Waals surface area contributed by atoms with E-state index in [4.69, 9.17) is 12.2 Å². The van der Waals surface area contributed by atoms with Crippen LogP contribution in [0.1, 0.15) is 5.69 Å². The number of aromatic nitrogens is 3. The van der Waals surface area contributed by atoms with Gasteiger partial charge in [-0.1, -0.05) is 0 Å². The summed E-state index contributed by atoms with van der Waals surface area (Å²) in [6.07, 6.45) is -3.74. The Hall–Kier alpha value is -1.44. The Morgan fingerprint density at radius 3 is 2.72 bits per heavy atom. The van der Waals surface area contributed by atoms with E-state index in [1.54, 1.807) is 19.1 Å². The van der Waals surface area contributed by atoms with Crippen LogP contribution in [0.5, 0.6) is 0 Å². The van der Waals surface area contributed by atoms with Crippen molar-refractivity contribution in [2.75, 3.05) is 0 Å². The first-order valence-electron chi connectivity index (χ1n) is 5.03. The third-order valence-corrected chi connectivity index (χ3v) is 2.77. The molecule has 18 heavy (non-hydrogen) atoms. The molecule has 0 atom stereocenters. The predicted octanol–water partition coefficient (Wildman–Crippen LogP) is 3.30. The van der Waals surface area contributed by atoms with Crippen molar-refractivity contribution in [2.24, 2.45) is 0 Å². The average molecular weight is 279 g/mol. The molecule has 1 N–H and O–H groups in total. The number of nitrogens with one attached hydrogen (secondary N) is 1. The van der Waals surface area contributed by atoms with Gasteiger partial charge in [-0.2, -0.15) is 8.78 Å². The highest BCUT2D eigenvalue weighted by atomic mass is 32.1. The van der Waals surface area contributed by atoms with Gasteiger partial charge in [-0.15, -0.1) is 0 Å². The normalized spacial score (nSPS) is 12.6. The summed E-state index contributed by atoms with van der Waals surface area (Å²) >= 11 is 4.84. The molecule has 2 aromatic heterocycles. The maximum Gasteiger partial charge on any atom is 0.325 e. The van der Waals surface area contributed by atoms with Gasteiger partial charge in [-0.25, -0.2) is 13.8 Å². The minimum absolute atomic E-state index is 0.0524. The molecular weight excluding hydrogens is 270 g/mol. The van der Waals surface area contributed by atoms with Crippen molar-refractivity contribution in [1.82, 2.24) is 14.5 Å². The standard InChI is InChI=1S/C10H9F4N3S/c1-5-2-3-6-7(15-5)17(9(18)16-6)4-10(13,14)8(11)12/h2-3,8H,4H2,1H3,(H,16,18). The summed E-state index contributed by atoms with van der Waals surface area (Å²) in [5.41, 5.74) is 1.18. The lowest BCUT2D eigenvalue weighted by Crippen LogP contribution is -2.32. The van der Waals surface area contributed by atoms with Crippen molar-refractivity contribution in [3.05, 3.63) is 22.6 Å². The first kappa shape index (κ1) is 13.0. The molecule has 2 aromatic rings. The zero-order chi connectivity index (χ0) is 13.5. The Labute approximate surface area is 104 Å². The number of imidazole rings is 1. The van der Waals surface area contributed by atoms with Gasteiger partial charge in [0.05, 0.1) is 12.1 Å². The SMILES string of the molecule is Cc1ccc2[nH]c(=S)n(CC(F)(F)C(F)F)c2n1. The van der Waals surface area contributed by atoms with Crippen molar-refractivity contribution in [1.29, 1.82) is 0 Å². The number of hydrogen-bond acceptors (Lipinski definition) is 2. The summed E-state index contributed by atoms with van der Waals surface area (Å²) in [6, 6.07) is 3.29. The predicted molar refractivity (Wildman–Crippen MR) is 60.6 cm³/mol. The molecular formula is C10H9F4N3S. The molecule has 0 aliphatic carbocycles. The number of alkyl halides is 4. The zero-order valence-corrected chi connectivity index (χ0v) is 10.1. The molecule has 3 nitrogen and oxygen atoms in total. The highest BCUT2D eigenvalue weighted by Gasteiger charge is 2.41. The van der Waals surface area contributed by atoms with Crippen LogP contribution in [-0.2, 0) is 6.54 Å². The molecule has 2 heterocycles. The number of halogens is 4. The van der Waals surface area contributed by atoms with Crippen molar-refractivity contribution in [2.45, 2.75) is 25.8 Å². The van der Waals surface area contributed by atoms with Gasteiger partial charge in [0, 0.05) is 5.69 Å². The number of pyridine rings is 1. The van der Waals surface area contributed by atoms with Crippen LogP contribution >= 0.6 is 12.2 Å². The molecule has 0 bridgehead atoms. The van der Waals surface area contributed by atoms with E-state index in [9.17, 15) is 17.6 Å². The maximum atomic E-state index is 13.1. The van der Waals surface area contributed by atoms with Crippen LogP contribution < -0.4 is 0 Å². The quantitative estimate of drug-likeness (QED) is 0.691. The van der Waals surface area contributed by atoms with E-state index in [0.29, 0.717) is 11.2 Å². The van der Waals surface area contributed by atoms with Crippen LogP contribution in [0.15, 0.2) is 12.1 Å². The number of fused-ring (bicyclic) bond motifs is 1. The summed E-state index contributed by atoms with van der Waals surface area (Å²) in [5, 5.41) is 0. The molecule has 0 saturated carbocycles. The van der Waals surface area contributed by atoms with Crippen molar-refractivity contribution in [3.63, 3.8) is 0 Å². The van der Waals surface area contributed by atoms with Crippen LogP contribution in [0.2, 0.25) is 0 Å². The molecule has 0 aliphatic heterocycles. The molecule has 0 aromatic carbocycles. The van der Waals surface area contributed by atoms with E-state index in [2.05, 4.69) is 9.97 Å². The molecule has 8 heteroatoms. The molecule has 2 rings (SSSR count). The number of hydrogen-bond donors (Lipinski definition) is 1. The Bertz CT molecular complexity index is 632. The lowest BCUT2D eigenvalue weighted by molar-refractivity contribution is -0.137. The van der Waals surface area contributed by atoms with Crippen LogP contribution in [-0.4, -0.2) is 26.9 Å². The van der Waals surface area contributed by atoms with Crippen molar-refractivity contribution >= 4 is 23.4 Å². The maximum absolute atomic E-state index is 13.1. The zero-order valence-electron chi connectivity index (χ0n) is 9.25. The molecule has 0 spiro atoms. The van der Waals surface area contributed by atoms with Crippen LogP contribution in [0.3, 0.4) is 0 Å². The fourth-order valence-electron chi connectivity index (χ4n) is 1.55. The van der Waals surface area contributed by atoms with Crippen LogP contribution in [0.25, 0.3) is 11.2 Å². The second kappa shape index (κ2) is 4.34. The molecule has 0 saturated heterocycles.